The van der Waals surface area contributed by atoms with Crippen molar-refractivity contribution in [2.75, 3.05) is 11.5 Å². The van der Waals surface area contributed by atoms with Gasteiger partial charge < -0.3 is 38.2 Å². The molecule has 19 heteroatoms. The SMILES string of the molecule is C#CC#CC#COC(=O)n1cnc(C(N)=O)c1N.Cl.NC(=O)c1[nH]cnc1N.[HH].[N-]=N/N=N/OO. The maximum Gasteiger partial charge on any atom is 0.435 e. The summed E-state index contributed by atoms with van der Waals surface area (Å²) in [5, 5.41) is 14.1. The number of hydrogen-bond acceptors (Lipinski definition) is 11. The zero-order valence-corrected chi connectivity index (χ0v) is 17.4. The number of nitrogen functional groups attached to an aromatic ring is 2. The van der Waals surface area contributed by atoms with E-state index >= 15 is 0 Å². The van der Waals surface area contributed by atoms with Crippen LogP contribution in [0.2, 0.25) is 0 Å². The molecule has 2 rings (SSSR count). The number of primary amides is 2. The van der Waals surface area contributed by atoms with Gasteiger partial charge in [0.25, 0.3) is 11.8 Å². The number of hydrogen-bond donors (Lipinski definition) is 6. The number of ether oxygens (including phenoxy) is 1. The second-order valence-corrected chi connectivity index (χ2v) is 4.57. The van der Waals surface area contributed by atoms with Gasteiger partial charge in [0.1, 0.15) is 23.9 Å². The van der Waals surface area contributed by atoms with Crippen molar-refractivity contribution in [3.8, 4) is 36.2 Å². The Morgan fingerprint density at radius 3 is 2.26 bits per heavy atom. The Bertz CT molecular complexity index is 1200. The van der Waals surface area contributed by atoms with E-state index in [4.69, 9.17) is 40.1 Å². The van der Waals surface area contributed by atoms with Gasteiger partial charge in [-0.2, -0.15) is 5.26 Å². The van der Waals surface area contributed by atoms with E-state index in [-0.39, 0.29) is 36.9 Å². The number of nitrogens with two attached hydrogens (primary N) is 4. The predicted molar refractivity (Wildman–Crippen MR) is 117 cm³/mol. The molecule has 0 saturated carbocycles. The third-order valence-electron chi connectivity index (χ3n) is 2.65. The predicted octanol–water partition coefficient (Wildman–Crippen LogP) is -0.315. The van der Waals surface area contributed by atoms with Crippen LogP contribution in [0.1, 0.15) is 22.4 Å². The van der Waals surface area contributed by atoms with Crippen molar-refractivity contribution >= 4 is 42.0 Å². The van der Waals surface area contributed by atoms with Gasteiger partial charge in [-0.15, -0.1) is 18.8 Å². The van der Waals surface area contributed by atoms with Crippen LogP contribution in [-0.2, 0) is 9.73 Å². The molecule has 0 bridgehead atoms. The molecule has 2 amide bonds. The van der Waals surface area contributed by atoms with E-state index in [1.165, 1.54) is 6.33 Å². The lowest BCUT2D eigenvalue weighted by Crippen LogP contribution is -2.17. The summed E-state index contributed by atoms with van der Waals surface area (Å²) < 4.78 is 5.25. The molecule has 10 N–H and O–H groups in total. The molecule has 180 valence electrons. The molecule has 0 radical (unpaired) electrons. The largest absolute Gasteiger partial charge is 0.435 e. The minimum Gasteiger partial charge on any atom is -0.383 e. The molecule has 0 aromatic carbocycles. The molecule has 0 unspecified atom stereocenters. The molecule has 2 heterocycles. The molecule has 0 fully saturated rings. The topological polar surface area (TPSA) is 300 Å². The first-order valence-corrected chi connectivity index (χ1v) is 7.64. The average Bonchev–Trinajstić information content (AvgIpc) is 3.38. The lowest BCUT2D eigenvalue weighted by Gasteiger charge is -1.99. The molecule has 0 spiro atoms. The summed E-state index contributed by atoms with van der Waals surface area (Å²) in [6.07, 6.45) is 8.20. The van der Waals surface area contributed by atoms with E-state index in [2.05, 4.69) is 58.2 Å². The zero-order valence-electron chi connectivity index (χ0n) is 16.6. The third kappa shape index (κ3) is 10.9. The van der Waals surface area contributed by atoms with Crippen molar-refractivity contribution in [2.24, 2.45) is 27.2 Å². The standard InChI is InChI=1S/C11H6N4O3.C4H6N4O.ClH.HN4O2.H2/c1-2-3-4-5-6-18-11(17)15-7-14-8(9(15)12)10(13)16;5-3-2(4(6)9)7-1-8-3;;1-2-3-4-6-5;/h1,7H,12H2,(H2,13,16);1H,5H2,(H2,6,9)(H,7,8);1H;5H;1H/q;;;-1;/b;;;4-3+;. The molecule has 0 aliphatic heterocycles. The number of carbonyl (C=O) groups is 3. The maximum absolute atomic E-state index is 11.4. The molecule has 2 aromatic rings. The normalized spacial score (nSPS) is 8.24. The Balaban J connectivity index is -0.000000505. The van der Waals surface area contributed by atoms with E-state index in [0.717, 1.165) is 10.9 Å². The van der Waals surface area contributed by atoms with E-state index in [0.29, 0.717) is 0 Å². The van der Waals surface area contributed by atoms with Gasteiger partial charge >= 0.3 is 6.09 Å². The van der Waals surface area contributed by atoms with Crippen LogP contribution in [0.4, 0.5) is 16.4 Å². The summed E-state index contributed by atoms with van der Waals surface area (Å²) in [6, 6.07) is 0. The smallest absolute Gasteiger partial charge is 0.383 e. The van der Waals surface area contributed by atoms with E-state index in [1.807, 2.05) is 12.0 Å². The fraction of sp³-hybridized carbons (Fsp3) is 0. The van der Waals surface area contributed by atoms with Gasteiger partial charge in [-0.05, 0) is 17.1 Å². The Morgan fingerprint density at radius 2 is 1.88 bits per heavy atom. The van der Waals surface area contributed by atoms with Crippen LogP contribution in [0.15, 0.2) is 28.4 Å². The molecule has 0 aliphatic carbocycles. The molecule has 2 aromatic heterocycles. The second kappa shape index (κ2) is 17.1. The van der Waals surface area contributed by atoms with Gasteiger partial charge in [-0.1, -0.05) is 0 Å². The molecule has 18 nitrogen and oxygen atoms in total. The summed E-state index contributed by atoms with van der Waals surface area (Å²) in [5.41, 5.74) is 27.8. The number of amides is 2. The lowest BCUT2D eigenvalue weighted by molar-refractivity contribution is -0.251. The van der Waals surface area contributed by atoms with Gasteiger partial charge in [0.2, 0.25) is 0 Å². The van der Waals surface area contributed by atoms with Crippen molar-refractivity contribution < 1.29 is 30.8 Å². The first-order chi connectivity index (χ1) is 15.7. The number of anilines is 2. The number of nitrogens with zero attached hydrogens (tertiary/aromatic N) is 7. The number of H-pyrrole nitrogens is 1. The quantitative estimate of drug-likeness (QED) is 0.139. The molecule has 0 aliphatic rings. The summed E-state index contributed by atoms with van der Waals surface area (Å²) in [5.74, 6) is 7.08. The van der Waals surface area contributed by atoms with Crippen LogP contribution in [0.5, 0.6) is 0 Å². The summed E-state index contributed by atoms with van der Waals surface area (Å²) in [7, 11) is 0. The van der Waals surface area contributed by atoms with Crippen molar-refractivity contribution in [3.05, 3.63) is 29.6 Å². The van der Waals surface area contributed by atoms with Gasteiger partial charge in [0, 0.05) is 13.3 Å². The van der Waals surface area contributed by atoms with Crippen molar-refractivity contribution in [1.29, 1.82) is 0 Å². The third-order valence-corrected chi connectivity index (χ3v) is 2.65. The maximum atomic E-state index is 11.4. The number of aromatic amines is 1. The van der Waals surface area contributed by atoms with E-state index < -0.39 is 17.9 Å². The summed E-state index contributed by atoms with van der Waals surface area (Å²) in [4.78, 5) is 45.2. The zero-order chi connectivity index (χ0) is 25.2. The highest BCUT2D eigenvalue weighted by atomic mass is 35.5. The fourth-order valence-corrected chi connectivity index (χ4v) is 1.44. The highest BCUT2D eigenvalue weighted by molar-refractivity contribution is 5.97. The Kier molecular flexibility index (Phi) is 15.4. The van der Waals surface area contributed by atoms with Crippen LogP contribution in [0, 0.1) is 36.2 Å². The van der Waals surface area contributed by atoms with Crippen molar-refractivity contribution in [3.63, 3.8) is 0 Å². The Morgan fingerprint density at radius 1 is 1.21 bits per heavy atom. The number of aromatic nitrogens is 4. The van der Waals surface area contributed by atoms with Crippen LogP contribution in [0.25, 0.3) is 5.53 Å². The van der Waals surface area contributed by atoms with Crippen molar-refractivity contribution in [2.45, 2.75) is 0 Å². The molecule has 34 heavy (non-hydrogen) atoms. The number of imidazole rings is 2. The Labute approximate surface area is 197 Å². The van der Waals surface area contributed by atoms with Crippen molar-refractivity contribution in [1.82, 2.24) is 19.5 Å². The minimum atomic E-state index is -0.942. The number of nitrogens with one attached hydrogen (secondary N) is 1. The van der Waals surface area contributed by atoms with Crippen LogP contribution < -0.4 is 22.9 Å². The summed E-state index contributed by atoms with van der Waals surface area (Å²) >= 11 is 0. The van der Waals surface area contributed by atoms with E-state index in [1.54, 1.807) is 0 Å². The van der Waals surface area contributed by atoms with Crippen LogP contribution in [0.3, 0.4) is 0 Å². The van der Waals surface area contributed by atoms with Gasteiger partial charge in [0.15, 0.2) is 11.5 Å². The summed E-state index contributed by atoms with van der Waals surface area (Å²) in [6.45, 7) is 0. The molecule has 0 saturated heterocycles. The molecular formula is C15H16ClN12O6-. The highest BCUT2D eigenvalue weighted by Crippen LogP contribution is 2.09. The number of terminal acetylenes is 1. The second-order valence-electron chi connectivity index (χ2n) is 4.57. The minimum absolute atomic E-state index is 0. The fourth-order valence-electron chi connectivity index (χ4n) is 1.44. The highest BCUT2D eigenvalue weighted by Gasteiger charge is 2.17. The van der Waals surface area contributed by atoms with Crippen LogP contribution >= 0.6 is 12.4 Å². The number of rotatable bonds is 4. The Hall–Kier alpha value is -5.64. The first kappa shape index (κ1) is 30.6. The first-order valence-electron chi connectivity index (χ1n) is 7.64. The van der Waals surface area contributed by atoms with Gasteiger partial charge in [-0.25, -0.2) is 29.5 Å². The van der Waals surface area contributed by atoms with Crippen LogP contribution in [-0.4, -0.2) is 42.7 Å². The number of halogens is 1. The van der Waals surface area contributed by atoms with E-state index in [9.17, 15) is 14.4 Å². The number of carbonyl (C=O) groups excluding carboxylic acids is 3. The monoisotopic (exact) mass is 495 g/mol. The molecule has 0 atom stereocenters. The molecular weight excluding hydrogens is 480 g/mol. The van der Waals surface area contributed by atoms with Gasteiger partial charge in [-0.3, -0.25) is 14.8 Å². The van der Waals surface area contributed by atoms with Gasteiger partial charge in [0.05, 0.1) is 6.33 Å². The average molecular weight is 496 g/mol. The lowest BCUT2D eigenvalue weighted by atomic mass is 10.4.